The van der Waals surface area contributed by atoms with E-state index in [1.807, 2.05) is 11.3 Å². The Morgan fingerprint density at radius 3 is 1.53 bits per heavy atom. The Hall–Kier alpha value is -6.22. The van der Waals surface area contributed by atoms with E-state index in [9.17, 15) is 0 Å². The van der Waals surface area contributed by atoms with Gasteiger partial charge in [-0.15, -0.1) is 11.3 Å². The van der Waals surface area contributed by atoms with Crippen molar-refractivity contribution >= 4 is 48.6 Å². The number of thiophene rings is 1. The molecule has 1 aliphatic rings. The van der Waals surface area contributed by atoms with Gasteiger partial charge in [-0.25, -0.2) is 0 Å². The summed E-state index contributed by atoms with van der Waals surface area (Å²) in [7, 11) is 0. The lowest BCUT2D eigenvalue weighted by molar-refractivity contribution is 0.778. The standard InChI is InChI=1S/C49H33NS/c1-4-18-34(19-5-1)37-24-12-15-32-45(37)50(36-22-8-3-9-23-36)46-33-17-28-41-40-27-16-31-44(47(40)51-48(41)46)49(35-20-6-2-7-21-35)42-29-13-10-25-38(42)39-26-11-14-30-43(39)49/h1-33H. The van der Waals surface area contributed by atoms with E-state index in [-0.39, 0.29) is 0 Å². The lowest BCUT2D eigenvalue weighted by Crippen LogP contribution is -2.28. The molecular formula is C49H33NS. The number of anilines is 3. The summed E-state index contributed by atoms with van der Waals surface area (Å²) in [6.07, 6.45) is 0. The number of para-hydroxylation sites is 2. The molecule has 1 aromatic heterocycles. The van der Waals surface area contributed by atoms with Crippen LogP contribution in [0.3, 0.4) is 0 Å². The molecule has 0 amide bonds. The van der Waals surface area contributed by atoms with E-state index >= 15 is 0 Å². The van der Waals surface area contributed by atoms with Gasteiger partial charge in [0.25, 0.3) is 0 Å². The highest BCUT2D eigenvalue weighted by Gasteiger charge is 2.47. The monoisotopic (exact) mass is 667 g/mol. The van der Waals surface area contributed by atoms with E-state index in [0.29, 0.717) is 0 Å². The molecule has 0 spiro atoms. The second kappa shape index (κ2) is 12.0. The Balaban J connectivity index is 1.29. The molecule has 0 fully saturated rings. The van der Waals surface area contributed by atoms with Crippen LogP contribution in [0.1, 0.15) is 22.3 Å². The largest absolute Gasteiger partial charge is 0.308 e. The van der Waals surface area contributed by atoms with Gasteiger partial charge in [0.05, 0.1) is 21.5 Å². The van der Waals surface area contributed by atoms with E-state index in [0.717, 1.165) is 11.4 Å². The fourth-order valence-electron chi connectivity index (χ4n) is 8.47. The minimum atomic E-state index is -0.464. The Labute approximate surface area is 302 Å². The normalized spacial score (nSPS) is 12.9. The highest BCUT2D eigenvalue weighted by molar-refractivity contribution is 7.26. The van der Waals surface area contributed by atoms with Crippen molar-refractivity contribution in [2.45, 2.75) is 5.41 Å². The summed E-state index contributed by atoms with van der Waals surface area (Å²) in [5, 5.41) is 2.56. The highest BCUT2D eigenvalue weighted by Crippen LogP contribution is 2.58. The molecule has 240 valence electrons. The average Bonchev–Trinajstić information content (AvgIpc) is 3.74. The molecule has 0 unspecified atom stereocenters. The van der Waals surface area contributed by atoms with Crippen LogP contribution in [0.15, 0.2) is 200 Å². The maximum Gasteiger partial charge on any atom is 0.0727 e. The van der Waals surface area contributed by atoms with Gasteiger partial charge in [0, 0.05) is 26.7 Å². The van der Waals surface area contributed by atoms with Crippen LogP contribution in [0.5, 0.6) is 0 Å². The molecule has 0 N–H and O–H groups in total. The van der Waals surface area contributed by atoms with Gasteiger partial charge in [0.2, 0.25) is 0 Å². The molecule has 0 aliphatic heterocycles. The van der Waals surface area contributed by atoms with Crippen LogP contribution < -0.4 is 4.90 Å². The van der Waals surface area contributed by atoms with Crippen molar-refractivity contribution in [2.24, 2.45) is 0 Å². The van der Waals surface area contributed by atoms with Gasteiger partial charge in [-0.3, -0.25) is 0 Å². The fraction of sp³-hybridized carbons (Fsp3) is 0.0204. The van der Waals surface area contributed by atoms with E-state index in [2.05, 4.69) is 205 Å². The zero-order chi connectivity index (χ0) is 33.8. The van der Waals surface area contributed by atoms with Crippen molar-refractivity contribution in [3.63, 3.8) is 0 Å². The summed E-state index contributed by atoms with van der Waals surface area (Å²) in [6.45, 7) is 0. The zero-order valence-corrected chi connectivity index (χ0v) is 28.7. The Bertz CT molecular complexity index is 2650. The van der Waals surface area contributed by atoms with Crippen LogP contribution in [0.2, 0.25) is 0 Å². The van der Waals surface area contributed by atoms with E-state index < -0.39 is 5.41 Å². The van der Waals surface area contributed by atoms with Gasteiger partial charge >= 0.3 is 0 Å². The Morgan fingerprint density at radius 1 is 0.353 bits per heavy atom. The predicted octanol–water partition coefficient (Wildman–Crippen LogP) is 13.6. The quantitative estimate of drug-likeness (QED) is 0.171. The first-order chi connectivity index (χ1) is 25.3. The molecule has 0 saturated carbocycles. The molecule has 0 radical (unpaired) electrons. The Kier molecular flexibility index (Phi) is 6.97. The number of hydrogen-bond acceptors (Lipinski definition) is 2. The van der Waals surface area contributed by atoms with Crippen molar-refractivity contribution < 1.29 is 0 Å². The number of benzene rings is 8. The van der Waals surface area contributed by atoms with Crippen LogP contribution in [0, 0.1) is 0 Å². The molecule has 9 aromatic rings. The third-order valence-electron chi connectivity index (χ3n) is 10.6. The highest BCUT2D eigenvalue weighted by atomic mass is 32.1. The van der Waals surface area contributed by atoms with Crippen LogP contribution in [0.25, 0.3) is 42.4 Å². The van der Waals surface area contributed by atoms with E-state index in [4.69, 9.17) is 0 Å². The maximum atomic E-state index is 2.45. The lowest BCUT2D eigenvalue weighted by Gasteiger charge is -2.34. The Morgan fingerprint density at radius 2 is 0.843 bits per heavy atom. The number of fused-ring (bicyclic) bond motifs is 6. The van der Waals surface area contributed by atoms with Gasteiger partial charge in [-0.2, -0.15) is 0 Å². The smallest absolute Gasteiger partial charge is 0.0727 e. The van der Waals surface area contributed by atoms with Gasteiger partial charge in [-0.1, -0.05) is 176 Å². The zero-order valence-electron chi connectivity index (χ0n) is 27.9. The molecule has 1 nitrogen and oxygen atoms in total. The summed E-state index contributed by atoms with van der Waals surface area (Å²) in [6, 6.07) is 73.3. The number of hydrogen-bond donors (Lipinski definition) is 0. The predicted molar refractivity (Wildman–Crippen MR) is 217 cm³/mol. The molecule has 1 aliphatic carbocycles. The second-order valence-electron chi connectivity index (χ2n) is 13.2. The van der Waals surface area contributed by atoms with Gasteiger partial charge in [0.15, 0.2) is 0 Å². The lowest BCUT2D eigenvalue weighted by atomic mass is 9.67. The first-order valence-electron chi connectivity index (χ1n) is 17.5. The molecule has 10 rings (SSSR count). The minimum absolute atomic E-state index is 0.464. The summed E-state index contributed by atoms with van der Waals surface area (Å²) < 4.78 is 2.59. The molecule has 51 heavy (non-hydrogen) atoms. The first-order valence-corrected chi connectivity index (χ1v) is 18.3. The van der Waals surface area contributed by atoms with Crippen LogP contribution in [0.4, 0.5) is 17.1 Å². The molecule has 1 heterocycles. The first kappa shape index (κ1) is 29.7. The van der Waals surface area contributed by atoms with Gasteiger partial charge in [-0.05, 0) is 63.2 Å². The van der Waals surface area contributed by atoms with Crippen molar-refractivity contribution in [1.29, 1.82) is 0 Å². The van der Waals surface area contributed by atoms with Crippen molar-refractivity contribution in [2.75, 3.05) is 4.90 Å². The summed E-state index contributed by atoms with van der Waals surface area (Å²) in [5.41, 5.74) is 13.3. The number of rotatable bonds is 6. The second-order valence-corrected chi connectivity index (χ2v) is 14.2. The molecular weight excluding hydrogens is 635 g/mol. The van der Waals surface area contributed by atoms with Crippen molar-refractivity contribution in [3.05, 3.63) is 222 Å². The molecule has 2 heteroatoms. The summed E-state index contributed by atoms with van der Waals surface area (Å²) >= 11 is 1.92. The van der Waals surface area contributed by atoms with Crippen LogP contribution in [-0.2, 0) is 5.41 Å². The molecule has 0 saturated heterocycles. The fourth-order valence-corrected chi connectivity index (χ4v) is 9.85. The summed E-state index contributed by atoms with van der Waals surface area (Å²) in [4.78, 5) is 2.45. The van der Waals surface area contributed by atoms with Gasteiger partial charge < -0.3 is 4.90 Å². The molecule has 0 bridgehead atoms. The average molecular weight is 668 g/mol. The van der Waals surface area contributed by atoms with E-state index in [1.165, 1.54) is 70.4 Å². The molecule has 8 aromatic carbocycles. The van der Waals surface area contributed by atoms with E-state index in [1.54, 1.807) is 0 Å². The SMILES string of the molecule is c1ccc(-c2ccccc2N(c2ccccc2)c2cccc3c2sc2c(C4(c5ccccc5)c5ccccc5-c5ccccc54)cccc23)cc1. The third-order valence-corrected chi connectivity index (χ3v) is 11.8. The number of nitrogens with zero attached hydrogens (tertiary/aromatic N) is 1. The summed E-state index contributed by atoms with van der Waals surface area (Å²) in [5.74, 6) is 0. The van der Waals surface area contributed by atoms with Crippen LogP contribution in [-0.4, -0.2) is 0 Å². The van der Waals surface area contributed by atoms with Crippen molar-refractivity contribution in [1.82, 2.24) is 0 Å². The van der Waals surface area contributed by atoms with Crippen molar-refractivity contribution in [3.8, 4) is 22.3 Å². The van der Waals surface area contributed by atoms with Gasteiger partial charge in [0.1, 0.15) is 0 Å². The third kappa shape index (κ3) is 4.47. The minimum Gasteiger partial charge on any atom is -0.308 e. The molecule has 0 atom stereocenters. The van der Waals surface area contributed by atoms with Crippen LogP contribution >= 0.6 is 11.3 Å². The maximum absolute atomic E-state index is 2.45. The topological polar surface area (TPSA) is 3.24 Å².